The van der Waals surface area contributed by atoms with Crippen molar-refractivity contribution in [1.82, 2.24) is 15.3 Å². The molecule has 0 saturated carbocycles. The number of hydrogen-bond donors (Lipinski definition) is 1. The van der Waals surface area contributed by atoms with Gasteiger partial charge in [0, 0.05) is 25.6 Å². The van der Waals surface area contributed by atoms with Crippen LogP contribution in [0.15, 0.2) is 18.5 Å². The molecule has 2 rings (SSSR count). The standard InChI is InChI=1S/C14H23N3O/c1-2-6-15-13(14-16-7-3-8-17-14)11-12-4-9-18-10-5-12/h3,7-8,12-13,15H,2,4-6,9-11H2,1H3. The SMILES string of the molecule is CCCNC(CC1CCOCC1)c1ncccn1. The molecule has 0 radical (unpaired) electrons. The third kappa shape index (κ3) is 4.03. The van der Waals surface area contributed by atoms with Gasteiger partial charge in [0.2, 0.25) is 0 Å². The average Bonchev–Trinajstić information content (AvgIpc) is 2.45. The fourth-order valence-corrected chi connectivity index (χ4v) is 2.40. The molecule has 1 saturated heterocycles. The summed E-state index contributed by atoms with van der Waals surface area (Å²) in [5, 5.41) is 3.57. The number of aromatic nitrogens is 2. The fraction of sp³-hybridized carbons (Fsp3) is 0.714. The zero-order valence-corrected chi connectivity index (χ0v) is 11.1. The molecule has 0 aliphatic carbocycles. The zero-order chi connectivity index (χ0) is 12.6. The monoisotopic (exact) mass is 249 g/mol. The summed E-state index contributed by atoms with van der Waals surface area (Å²) < 4.78 is 5.42. The second-order valence-corrected chi connectivity index (χ2v) is 4.91. The lowest BCUT2D eigenvalue weighted by Crippen LogP contribution is -2.28. The van der Waals surface area contributed by atoms with E-state index in [-0.39, 0.29) is 6.04 Å². The summed E-state index contributed by atoms with van der Waals surface area (Å²) in [6.45, 7) is 5.01. The van der Waals surface area contributed by atoms with Crippen LogP contribution in [0.5, 0.6) is 0 Å². The van der Waals surface area contributed by atoms with E-state index in [1.165, 1.54) is 0 Å². The Balaban J connectivity index is 1.95. The molecule has 1 aliphatic heterocycles. The van der Waals surface area contributed by atoms with Crippen molar-refractivity contribution in [3.8, 4) is 0 Å². The van der Waals surface area contributed by atoms with E-state index < -0.39 is 0 Å². The first kappa shape index (κ1) is 13.4. The van der Waals surface area contributed by atoms with Gasteiger partial charge in [-0.3, -0.25) is 0 Å². The first-order valence-electron chi connectivity index (χ1n) is 6.98. The number of hydrogen-bond acceptors (Lipinski definition) is 4. The number of nitrogens with one attached hydrogen (secondary N) is 1. The predicted octanol–water partition coefficient (Wildman–Crippen LogP) is 2.33. The van der Waals surface area contributed by atoms with Crippen LogP contribution in [-0.4, -0.2) is 29.7 Å². The van der Waals surface area contributed by atoms with Gasteiger partial charge in [0.05, 0.1) is 6.04 Å². The quantitative estimate of drug-likeness (QED) is 0.840. The van der Waals surface area contributed by atoms with Crippen molar-refractivity contribution in [3.63, 3.8) is 0 Å². The van der Waals surface area contributed by atoms with Gasteiger partial charge in [0.15, 0.2) is 0 Å². The number of nitrogens with zero attached hydrogens (tertiary/aromatic N) is 2. The molecule has 1 atom stereocenters. The first-order chi connectivity index (χ1) is 8.90. The van der Waals surface area contributed by atoms with Crippen LogP contribution >= 0.6 is 0 Å². The molecular formula is C14H23N3O. The molecule has 1 unspecified atom stereocenters. The minimum atomic E-state index is 0.286. The molecule has 100 valence electrons. The molecule has 1 aromatic rings. The molecule has 1 aliphatic rings. The van der Waals surface area contributed by atoms with Gasteiger partial charge < -0.3 is 10.1 Å². The zero-order valence-electron chi connectivity index (χ0n) is 11.1. The van der Waals surface area contributed by atoms with Crippen molar-refractivity contribution >= 4 is 0 Å². The van der Waals surface area contributed by atoms with Crippen LogP contribution in [0, 0.1) is 5.92 Å². The summed E-state index contributed by atoms with van der Waals surface area (Å²) >= 11 is 0. The van der Waals surface area contributed by atoms with Crippen LogP contribution in [0.3, 0.4) is 0 Å². The van der Waals surface area contributed by atoms with Gasteiger partial charge in [-0.2, -0.15) is 0 Å². The number of ether oxygens (including phenoxy) is 1. The summed E-state index contributed by atoms with van der Waals surface area (Å²) in [6.07, 6.45) is 8.23. The Hall–Kier alpha value is -1.00. The van der Waals surface area contributed by atoms with E-state index in [2.05, 4.69) is 22.2 Å². The van der Waals surface area contributed by atoms with Crippen LogP contribution in [0.1, 0.15) is 44.5 Å². The summed E-state index contributed by atoms with van der Waals surface area (Å²) in [5.74, 6) is 1.66. The largest absolute Gasteiger partial charge is 0.381 e. The van der Waals surface area contributed by atoms with Gasteiger partial charge >= 0.3 is 0 Å². The highest BCUT2D eigenvalue weighted by atomic mass is 16.5. The summed E-state index contributed by atoms with van der Waals surface area (Å²) in [6, 6.07) is 2.16. The van der Waals surface area contributed by atoms with Crippen molar-refractivity contribution in [1.29, 1.82) is 0 Å². The third-order valence-electron chi connectivity index (χ3n) is 3.45. The molecule has 0 amide bonds. The van der Waals surface area contributed by atoms with E-state index in [9.17, 15) is 0 Å². The summed E-state index contributed by atoms with van der Waals surface area (Å²) in [4.78, 5) is 8.79. The third-order valence-corrected chi connectivity index (χ3v) is 3.45. The minimum absolute atomic E-state index is 0.286. The maximum absolute atomic E-state index is 5.42. The molecule has 1 aromatic heterocycles. The van der Waals surface area contributed by atoms with E-state index in [4.69, 9.17) is 4.74 Å². The van der Waals surface area contributed by atoms with Crippen LogP contribution < -0.4 is 5.32 Å². The molecule has 1 N–H and O–H groups in total. The second kappa shape index (κ2) is 7.44. The Bertz CT molecular complexity index is 325. The predicted molar refractivity (Wildman–Crippen MR) is 71.2 cm³/mol. The van der Waals surface area contributed by atoms with Crippen LogP contribution in [0.25, 0.3) is 0 Å². The Morgan fingerprint density at radius 1 is 1.33 bits per heavy atom. The second-order valence-electron chi connectivity index (χ2n) is 4.91. The Morgan fingerprint density at radius 2 is 2.06 bits per heavy atom. The molecule has 18 heavy (non-hydrogen) atoms. The van der Waals surface area contributed by atoms with Gasteiger partial charge in [-0.25, -0.2) is 9.97 Å². The highest BCUT2D eigenvalue weighted by Gasteiger charge is 2.21. The van der Waals surface area contributed by atoms with E-state index in [1.54, 1.807) is 0 Å². The highest BCUT2D eigenvalue weighted by molar-refractivity contribution is 4.96. The molecule has 4 heteroatoms. The van der Waals surface area contributed by atoms with Crippen LogP contribution in [-0.2, 0) is 4.74 Å². The molecule has 2 heterocycles. The van der Waals surface area contributed by atoms with Gasteiger partial charge in [-0.15, -0.1) is 0 Å². The van der Waals surface area contributed by atoms with Crippen molar-refractivity contribution in [2.24, 2.45) is 5.92 Å². The Morgan fingerprint density at radius 3 is 2.72 bits per heavy atom. The van der Waals surface area contributed by atoms with E-state index in [0.717, 1.165) is 57.2 Å². The fourth-order valence-electron chi connectivity index (χ4n) is 2.40. The molecular weight excluding hydrogens is 226 g/mol. The van der Waals surface area contributed by atoms with Crippen molar-refractivity contribution in [2.45, 2.75) is 38.6 Å². The maximum Gasteiger partial charge on any atom is 0.145 e. The van der Waals surface area contributed by atoms with Crippen molar-refractivity contribution in [3.05, 3.63) is 24.3 Å². The Labute approximate surface area is 109 Å². The lowest BCUT2D eigenvalue weighted by molar-refractivity contribution is 0.0602. The minimum Gasteiger partial charge on any atom is -0.381 e. The van der Waals surface area contributed by atoms with Gasteiger partial charge in [-0.05, 0) is 44.2 Å². The van der Waals surface area contributed by atoms with Gasteiger partial charge in [0.25, 0.3) is 0 Å². The number of rotatable bonds is 6. The molecule has 0 bridgehead atoms. The molecule has 0 aromatic carbocycles. The van der Waals surface area contributed by atoms with Gasteiger partial charge in [0.1, 0.15) is 5.82 Å². The maximum atomic E-state index is 5.42. The highest BCUT2D eigenvalue weighted by Crippen LogP contribution is 2.25. The van der Waals surface area contributed by atoms with E-state index in [1.807, 2.05) is 18.5 Å². The molecule has 4 nitrogen and oxygen atoms in total. The van der Waals surface area contributed by atoms with Crippen LogP contribution in [0.2, 0.25) is 0 Å². The van der Waals surface area contributed by atoms with E-state index in [0.29, 0.717) is 0 Å². The van der Waals surface area contributed by atoms with Crippen LogP contribution in [0.4, 0.5) is 0 Å². The molecule has 0 spiro atoms. The van der Waals surface area contributed by atoms with Gasteiger partial charge in [-0.1, -0.05) is 6.92 Å². The summed E-state index contributed by atoms with van der Waals surface area (Å²) in [7, 11) is 0. The summed E-state index contributed by atoms with van der Waals surface area (Å²) in [5.41, 5.74) is 0. The smallest absolute Gasteiger partial charge is 0.145 e. The molecule has 1 fully saturated rings. The van der Waals surface area contributed by atoms with Crippen molar-refractivity contribution < 1.29 is 4.74 Å². The first-order valence-corrected chi connectivity index (χ1v) is 6.98. The van der Waals surface area contributed by atoms with Crippen molar-refractivity contribution in [2.75, 3.05) is 19.8 Å². The normalized spacial score (nSPS) is 18.7. The topological polar surface area (TPSA) is 47.0 Å². The van der Waals surface area contributed by atoms with E-state index >= 15 is 0 Å². The Kier molecular flexibility index (Phi) is 5.55. The lowest BCUT2D eigenvalue weighted by Gasteiger charge is -2.26. The average molecular weight is 249 g/mol. The lowest BCUT2D eigenvalue weighted by atomic mass is 9.92.